The lowest BCUT2D eigenvalue weighted by Crippen LogP contribution is -2.20. The van der Waals surface area contributed by atoms with Crippen LogP contribution < -0.4 is 4.74 Å². The molecule has 0 aliphatic carbocycles. The quantitative estimate of drug-likeness (QED) is 0.619. The van der Waals surface area contributed by atoms with Crippen LogP contribution in [0.15, 0.2) is 54.6 Å². The fourth-order valence-corrected chi connectivity index (χ4v) is 3.36. The fourth-order valence-electron chi connectivity index (χ4n) is 3.36. The van der Waals surface area contributed by atoms with E-state index >= 15 is 0 Å². The zero-order valence-corrected chi connectivity index (χ0v) is 14.6. The number of hydrogen-bond acceptors (Lipinski definition) is 2. The molecule has 2 aromatic rings. The van der Waals surface area contributed by atoms with Gasteiger partial charge in [0.1, 0.15) is 5.75 Å². The summed E-state index contributed by atoms with van der Waals surface area (Å²) >= 11 is 0. The van der Waals surface area contributed by atoms with Crippen LogP contribution in [0.2, 0.25) is 0 Å². The van der Waals surface area contributed by atoms with Crippen molar-refractivity contribution in [3.05, 3.63) is 65.7 Å². The molecule has 0 radical (unpaired) electrons. The summed E-state index contributed by atoms with van der Waals surface area (Å²) in [6.45, 7) is 4.66. The van der Waals surface area contributed by atoms with Crippen LogP contribution in [0, 0.1) is 0 Å². The molecule has 1 aliphatic heterocycles. The second kappa shape index (κ2) is 9.48. The van der Waals surface area contributed by atoms with Crippen LogP contribution in [0.4, 0.5) is 0 Å². The highest BCUT2D eigenvalue weighted by Crippen LogP contribution is 2.16. The van der Waals surface area contributed by atoms with Crippen molar-refractivity contribution in [2.45, 2.75) is 38.5 Å². The summed E-state index contributed by atoms with van der Waals surface area (Å²) in [6, 6.07) is 19.3. The second-order valence-electron chi connectivity index (χ2n) is 6.74. The van der Waals surface area contributed by atoms with Crippen LogP contribution >= 0.6 is 0 Å². The van der Waals surface area contributed by atoms with Gasteiger partial charge < -0.3 is 9.64 Å². The highest BCUT2D eigenvalue weighted by molar-refractivity contribution is 5.29. The topological polar surface area (TPSA) is 12.5 Å². The van der Waals surface area contributed by atoms with E-state index in [0.29, 0.717) is 0 Å². The maximum atomic E-state index is 5.94. The average molecular weight is 323 g/mol. The van der Waals surface area contributed by atoms with Crippen molar-refractivity contribution in [1.82, 2.24) is 4.90 Å². The van der Waals surface area contributed by atoms with E-state index in [9.17, 15) is 0 Å². The lowest BCUT2D eigenvalue weighted by Gasteiger charge is -2.14. The van der Waals surface area contributed by atoms with E-state index in [1.165, 1.54) is 50.0 Å². The molecule has 0 saturated carbocycles. The van der Waals surface area contributed by atoms with Gasteiger partial charge in [0, 0.05) is 0 Å². The summed E-state index contributed by atoms with van der Waals surface area (Å²) in [6.07, 6.45) is 7.30. The molecule has 0 aromatic heterocycles. The van der Waals surface area contributed by atoms with Crippen LogP contribution in [0.1, 0.15) is 36.8 Å². The minimum absolute atomic E-state index is 0.829. The van der Waals surface area contributed by atoms with Gasteiger partial charge in [-0.2, -0.15) is 0 Å². The van der Waals surface area contributed by atoms with Gasteiger partial charge in [-0.1, -0.05) is 42.5 Å². The van der Waals surface area contributed by atoms with Gasteiger partial charge in [0.2, 0.25) is 0 Å². The van der Waals surface area contributed by atoms with Crippen molar-refractivity contribution in [2.24, 2.45) is 0 Å². The van der Waals surface area contributed by atoms with Gasteiger partial charge in [0.25, 0.3) is 0 Å². The van der Waals surface area contributed by atoms with Crippen molar-refractivity contribution in [3.8, 4) is 5.75 Å². The molecule has 1 aliphatic rings. The third-order valence-electron chi connectivity index (χ3n) is 4.78. The average Bonchev–Trinajstić information content (AvgIpc) is 3.14. The Morgan fingerprint density at radius 3 is 2.38 bits per heavy atom. The van der Waals surface area contributed by atoms with Gasteiger partial charge in [0.05, 0.1) is 6.61 Å². The van der Waals surface area contributed by atoms with Gasteiger partial charge >= 0.3 is 0 Å². The maximum Gasteiger partial charge on any atom is 0.119 e. The van der Waals surface area contributed by atoms with E-state index < -0.39 is 0 Å². The molecule has 1 saturated heterocycles. The van der Waals surface area contributed by atoms with E-state index in [1.807, 2.05) is 0 Å². The summed E-state index contributed by atoms with van der Waals surface area (Å²) in [5, 5.41) is 0. The molecule has 2 nitrogen and oxygen atoms in total. The van der Waals surface area contributed by atoms with E-state index in [4.69, 9.17) is 4.74 Å². The second-order valence-corrected chi connectivity index (χ2v) is 6.74. The van der Waals surface area contributed by atoms with Crippen LogP contribution in [0.5, 0.6) is 5.75 Å². The molecular formula is C22H29NO. The molecular weight excluding hydrogens is 294 g/mol. The Kier molecular flexibility index (Phi) is 6.73. The van der Waals surface area contributed by atoms with E-state index in [-0.39, 0.29) is 0 Å². The zero-order chi connectivity index (χ0) is 16.5. The largest absolute Gasteiger partial charge is 0.494 e. The Labute approximate surface area is 146 Å². The lowest BCUT2D eigenvalue weighted by atomic mass is 10.0. The smallest absolute Gasteiger partial charge is 0.119 e. The van der Waals surface area contributed by atoms with Crippen molar-refractivity contribution < 1.29 is 4.74 Å². The molecule has 128 valence electrons. The van der Waals surface area contributed by atoms with Crippen LogP contribution in [0.25, 0.3) is 0 Å². The molecule has 0 atom stereocenters. The molecule has 0 spiro atoms. The van der Waals surface area contributed by atoms with Gasteiger partial charge in [0.15, 0.2) is 0 Å². The number of hydrogen-bond donors (Lipinski definition) is 0. The predicted molar refractivity (Wildman–Crippen MR) is 101 cm³/mol. The standard InChI is InChI=1S/C22H29NO/c1-2-9-20(10-3-1)13-14-21-11-8-12-22(19-21)24-18-7-6-17-23-15-4-5-16-23/h1-3,8-12,19H,4-7,13-18H2. The molecule has 3 rings (SSSR count). The van der Waals surface area contributed by atoms with Gasteiger partial charge in [-0.25, -0.2) is 0 Å². The Balaban J connectivity index is 1.36. The first-order valence-corrected chi connectivity index (χ1v) is 9.38. The Morgan fingerprint density at radius 1 is 0.792 bits per heavy atom. The number of aryl methyl sites for hydroxylation is 2. The zero-order valence-electron chi connectivity index (χ0n) is 14.6. The summed E-state index contributed by atoms with van der Waals surface area (Å²) in [7, 11) is 0. The molecule has 0 N–H and O–H groups in total. The maximum absolute atomic E-state index is 5.94. The number of nitrogens with zero attached hydrogens (tertiary/aromatic N) is 1. The van der Waals surface area contributed by atoms with Crippen molar-refractivity contribution in [1.29, 1.82) is 0 Å². The van der Waals surface area contributed by atoms with Crippen molar-refractivity contribution >= 4 is 0 Å². The number of unbranched alkanes of at least 4 members (excludes halogenated alkanes) is 1. The summed E-state index contributed by atoms with van der Waals surface area (Å²) in [5.74, 6) is 1.02. The molecule has 2 aromatic carbocycles. The summed E-state index contributed by atoms with van der Waals surface area (Å²) in [4.78, 5) is 2.57. The van der Waals surface area contributed by atoms with Crippen molar-refractivity contribution in [2.75, 3.05) is 26.2 Å². The molecule has 0 amide bonds. The van der Waals surface area contributed by atoms with Crippen LogP contribution in [0.3, 0.4) is 0 Å². The molecule has 0 unspecified atom stereocenters. The lowest BCUT2D eigenvalue weighted by molar-refractivity contribution is 0.279. The Morgan fingerprint density at radius 2 is 1.54 bits per heavy atom. The highest BCUT2D eigenvalue weighted by Gasteiger charge is 2.10. The van der Waals surface area contributed by atoms with Crippen LogP contribution in [-0.2, 0) is 12.8 Å². The number of ether oxygens (including phenoxy) is 1. The monoisotopic (exact) mass is 323 g/mol. The summed E-state index contributed by atoms with van der Waals surface area (Å²) in [5.41, 5.74) is 2.75. The van der Waals surface area contributed by atoms with Crippen molar-refractivity contribution in [3.63, 3.8) is 0 Å². The molecule has 0 bridgehead atoms. The SMILES string of the molecule is c1ccc(CCc2cccc(OCCCCN3CCCC3)c2)cc1. The number of rotatable bonds is 9. The Bertz CT molecular complexity index is 590. The molecule has 24 heavy (non-hydrogen) atoms. The first-order chi connectivity index (χ1) is 11.9. The molecule has 1 heterocycles. The van der Waals surface area contributed by atoms with E-state index in [1.54, 1.807) is 0 Å². The van der Waals surface area contributed by atoms with Gasteiger partial charge in [-0.15, -0.1) is 0 Å². The first kappa shape index (κ1) is 17.0. The predicted octanol–water partition coefficient (Wildman–Crippen LogP) is 4.73. The van der Waals surface area contributed by atoms with Gasteiger partial charge in [-0.05, 0) is 81.4 Å². The summed E-state index contributed by atoms with van der Waals surface area (Å²) < 4.78 is 5.94. The van der Waals surface area contributed by atoms with Crippen LogP contribution in [-0.4, -0.2) is 31.1 Å². The van der Waals surface area contributed by atoms with Gasteiger partial charge in [-0.3, -0.25) is 0 Å². The molecule has 1 fully saturated rings. The highest BCUT2D eigenvalue weighted by atomic mass is 16.5. The molecule has 2 heteroatoms. The third-order valence-corrected chi connectivity index (χ3v) is 4.78. The van der Waals surface area contributed by atoms with E-state index in [2.05, 4.69) is 59.5 Å². The number of likely N-dealkylation sites (tertiary alicyclic amines) is 1. The third kappa shape index (κ3) is 5.68. The Hall–Kier alpha value is -1.80. The first-order valence-electron chi connectivity index (χ1n) is 9.38. The minimum Gasteiger partial charge on any atom is -0.494 e. The fraction of sp³-hybridized carbons (Fsp3) is 0.455. The number of benzene rings is 2. The minimum atomic E-state index is 0.829. The normalized spacial score (nSPS) is 14.8. The van der Waals surface area contributed by atoms with E-state index in [0.717, 1.165) is 31.6 Å².